The van der Waals surface area contributed by atoms with Crippen molar-refractivity contribution in [3.8, 4) is 0 Å². The second kappa shape index (κ2) is 6.42. The van der Waals surface area contributed by atoms with Crippen LogP contribution in [0.25, 0.3) is 0 Å². The molecule has 0 bridgehead atoms. The monoisotopic (exact) mass is 374 g/mol. The predicted octanol–water partition coefficient (Wildman–Crippen LogP) is 2.65. The van der Waals surface area contributed by atoms with Gasteiger partial charge in [-0.15, -0.1) is 5.10 Å². The summed E-state index contributed by atoms with van der Waals surface area (Å²) < 4.78 is 15.9. The Morgan fingerprint density at radius 1 is 1.47 bits per heavy atom. The fraction of sp³-hybridized carbons (Fsp3) is 0.385. The summed E-state index contributed by atoms with van der Waals surface area (Å²) in [6.45, 7) is 2.99. The Morgan fingerprint density at radius 2 is 2.26 bits per heavy atom. The molecule has 0 fully saturated rings. The molecule has 2 aromatic rings. The van der Waals surface area contributed by atoms with E-state index in [4.69, 9.17) is 0 Å². The van der Waals surface area contributed by atoms with Crippen molar-refractivity contribution in [2.24, 2.45) is 7.05 Å². The van der Waals surface area contributed by atoms with Crippen molar-refractivity contribution < 1.29 is 4.39 Å². The van der Waals surface area contributed by atoms with Gasteiger partial charge in [-0.05, 0) is 53.3 Å². The van der Waals surface area contributed by atoms with Crippen LogP contribution in [0.1, 0.15) is 30.6 Å². The molecule has 0 aliphatic rings. The first-order chi connectivity index (χ1) is 9.13. The van der Waals surface area contributed by atoms with Gasteiger partial charge in [-0.2, -0.15) is 0 Å². The minimum Gasteiger partial charge on any atom is -0.305 e. The standard InChI is InChI=1S/C13H16FIN4/c1-3-6-16-13(12-8-17-18-19(12)2)10-5-4-9(14)7-11(10)15/h4-5,7-8,13,16H,3,6H2,1-2H3. The second-order valence-electron chi connectivity index (χ2n) is 4.34. The van der Waals surface area contributed by atoms with Crippen molar-refractivity contribution in [2.45, 2.75) is 19.4 Å². The summed E-state index contributed by atoms with van der Waals surface area (Å²) >= 11 is 2.16. The van der Waals surface area contributed by atoms with E-state index in [1.54, 1.807) is 16.9 Å². The highest BCUT2D eigenvalue weighted by molar-refractivity contribution is 14.1. The van der Waals surface area contributed by atoms with Gasteiger partial charge in [0.25, 0.3) is 0 Å². The first-order valence-electron chi connectivity index (χ1n) is 6.16. The number of hydrogen-bond donors (Lipinski definition) is 1. The zero-order chi connectivity index (χ0) is 13.8. The summed E-state index contributed by atoms with van der Waals surface area (Å²) in [4.78, 5) is 0. The van der Waals surface area contributed by atoms with Crippen molar-refractivity contribution >= 4 is 22.6 Å². The smallest absolute Gasteiger partial charge is 0.124 e. The third kappa shape index (κ3) is 3.30. The lowest BCUT2D eigenvalue weighted by atomic mass is 10.0. The Kier molecular flexibility index (Phi) is 4.87. The predicted molar refractivity (Wildman–Crippen MR) is 80.3 cm³/mol. The molecule has 0 saturated heterocycles. The number of nitrogens with one attached hydrogen (secondary N) is 1. The highest BCUT2D eigenvalue weighted by atomic mass is 127. The van der Waals surface area contributed by atoms with E-state index in [0.29, 0.717) is 0 Å². The first-order valence-corrected chi connectivity index (χ1v) is 7.24. The Balaban J connectivity index is 2.40. The molecule has 0 aliphatic carbocycles. The lowest BCUT2D eigenvalue weighted by molar-refractivity contribution is 0.547. The lowest BCUT2D eigenvalue weighted by Gasteiger charge is -2.20. The zero-order valence-electron chi connectivity index (χ0n) is 10.9. The molecule has 1 aromatic carbocycles. The molecule has 0 saturated carbocycles. The molecular weight excluding hydrogens is 358 g/mol. The normalized spacial score (nSPS) is 12.6. The maximum Gasteiger partial charge on any atom is 0.124 e. The van der Waals surface area contributed by atoms with Crippen LogP contribution in [0, 0.1) is 9.39 Å². The molecule has 0 amide bonds. The quantitative estimate of drug-likeness (QED) is 0.819. The molecular formula is C13H16FIN4. The molecule has 2 rings (SSSR count). The molecule has 4 nitrogen and oxygen atoms in total. The molecule has 0 aliphatic heterocycles. The fourth-order valence-corrected chi connectivity index (χ4v) is 2.75. The minimum atomic E-state index is -0.217. The third-order valence-corrected chi connectivity index (χ3v) is 3.85. The van der Waals surface area contributed by atoms with Gasteiger partial charge in [-0.3, -0.25) is 4.68 Å². The van der Waals surface area contributed by atoms with E-state index >= 15 is 0 Å². The average molecular weight is 374 g/mol. The van der Waals surface area contributed by atoms with E-state index in [1.165, 1.54) is 6.07 Å². The van der Waals surface area contributed by atoms with E-state index in [-0.39, 0.29) is 11.9 Å². The highest BCUT2D eigenvalue weighted by Gasteiger charge is 2.19. The lowest BCUT2D eigenvalue weighted by Crippen LogP contribution is -2.26. The number of aromatic nitrogens is 3. The van der Waals surface area contributed by atoms with Gasteiger partial charge in [-0.25, -0.2) is 4.39 Å². The average Bonchev–Trinajstić information content (AvgIpc) is 2.78. The Morgan fingerprint density at radius 3 is 2.84 bits per heavy atom. The van der Waals surface area contributed by atoms with Gasteiger partial charge in [0.2, 0.25) is 0 Å². The Bertz CT molecular complexity index is 555. The van der Waals surface area contributed by atoms with Crippen molar-refractivity contribution in [1.29, 1.82) is 0 Å². The van der Waals surface area contributed by atoms with Crippen molar-refractivity contribution in [3.05, 3.63) is 45.0 Å². The van der Waals surface area contributed by atoms with Crippen LogP contribution in [0.5, 0.6) is 0 Å². The van der Waals surface area contributed by atoms with Gasteiger partial charge in [-0.1, -0.05) is 18.2 Å². The number of hydrogen-bond acceptors (Lipinski definition) is 3. The number of benzene rings is 1. The van der Waals surface area contributed by atoms with Gasteiger partial charge in [0.15, 0.2) is 0 Å². The number of nitrogens with zero attached hydrogens (tertiary/aromatic N) is 3. The molecule has 102 valence electrons. The van der Waals surface area contributed by atoms with Gasteiger partial charge in [0.1, 0.15) is 5.82 Å². The Hall–Kier alpha value is -1.02. The second-order valence-corrected chi connectivity index (χ2v) is 5.50. The molecule has 1 atom stereocenters. The van der Waals surface area contributed by atoms with Crippen molar-refractivity contribution in [3.63, 3.8) is 0 Å². The van der Waals surface area contributed by atoms with Gasteiger partial charge < -0.3 is 5.32 Å². The summed E-state index contributed by atoms with van der Waals surface area (Å²) in [7, 11) is 1.86. The van der Waals surface area contributed by atoms with E-state index in [0.717, 1.165) is 27.8 Å². The van der Waals surface area contributed by atoms with E-state index < -0.39 is 0 Å². The van der Waals surface area contributed by atoms with Crippen LogP contribution in [0.15, 0.2) is 24.4 Å². The molecule has 1 heterocycles. The van der Waals surface area contributed by atoms with E-state index in [1.807, 2.05) is 13.1 Å². The molecule has 0 spiro atoms. The molecule has 1 aromatic heterocycles. The SMILES string of the molecule is CCCNC(c1ccc(F)cc1I)c1cnnn1C. The van der Waals surface area contributed by atoms with Gasteiger partial charge >= 0.3 is 0 Å². The zero-order valence-corrected chi connectivity index (χ0v) is 13.1. The van der Waals surface area contributed by atoms with Gasteiger partial charge in [0.05, 0.1) is 17.9 Å². The largest absolute Gasteiger partial charge is 0.305 e. The van der Waals surface area contributed by atoms with Crippen molar-refractivity contribution in [1.82, 2.24) is 20.3 Å². The number of aryl methyl sites for hydroxylation is 1. The topological polar surface area (TPSA) is 42.7 Å². The maximum atomic E-state index is 13.2. The van der Waals surface area contributed by atoms with Crippen LogP contribution in [0.3, 0.4) is 0 Å². The third-order valence-electron chi connectivity index (χ3n) is 2.92. The molecule has 0 radical (unpaired) electrons. The minimum absolute atomic E-state index is 0.0209. The summed E-state index contributed by atoms with van der Waals surface area (Å²) in [5.74, 6) is -0.217. The summed E-state index contributed by atoms with van der Waals surface area (Å²) in [6, 6.07) is 4.83. The Labute approximate surface area is 125 Å². The summed E-state index contributed by atoms with van der Waals surface area (Å²) in [6.07, 6.45) is 2.77. The molecule has 1 unspecified atom stereocenters. The fourth-order valence-electron chi connectivity index (χ4n) is 1.96. The van der Waals surface area contributed by atoms with Crippen LogP contribution in [0.4, 0.5) is 4.39 Å². The number of halogens is 2. The van der Waals surface area contributed by atoms with Crippen molar-refractivity contribution in [2.75, 3.05) is 6.54 Å². The molecule has 19 heavy (non-hydrogen) atoms. The molecule has 6 heteroatoms. The summed E-state index contributed by atoms with van der Waals surface area (Å²) in [5, 5.41) is 11.3. The van der Waals surface area contributed by atoms with E-state index in [9.17, 15) is 4.39 Å². The first kappa shape index (κ1) is 14.4. The number of rotatable bonds is 5. The molecule has 1 N–H and O–H groups in total. The van der Waals surface area contributed by atoms with Gasteiger partial charge in [0, 0.05) is 10.6 Å². The van der Waals surface area contributed by atoms with Crippen LogP contribution < -0.4 is 5.32 Å². The van der Waals surface area contributed by atoms with Crippen LogP contribution >= 0.6 is 22.6 Å². The summed E-state index contributed by atoms with van der Waals surface area (Å²) in [5.41, 5.74) is 2.01. The van der Waals surface area contributed by atoms with Crippen LogP contribution in [-0.2, 0) is 7.05 Å². The van der Waals surface area contributed by atoms with E-state index in [2.05, 4.69) is 45.1 Å². The maximum absolute atomic E-state index is 13.2. The van der Waals surface area contributed by atoms with Crippen LogP contribution in [0.2, 0.25) is 0 Å². The van der Waals surface area contributed by atoms with Crippen LogP contribution in [-0.4, -0.2) is 21.5 Å². The highest BCUT2D eigenvalue weighted by Crippen LogP contribution is 2.26.